The quantitative estimate of drug-likeness (QED) is 0.922. The standard InChI is InChI=1S/C15H18FN3/c1-9-6-12(8-13(16)7-9)15-18-10(2)14(4-5-17)11(3)19-15/h6-8H,4-5,17H2,1-3H3. The molecule has 0 spiro atoms. The molecule has 100 valence electrons. The van der Waals surface area contributed by atoms with Crippen LogP contribution >= 0.6 is 0 Å². The molecule has 0 atom stereocenters. The van der Waals surface area contributed by atoms with Gasteiger partial charge in [0.2, 0.25) is 0 Å². The van der Waals surface area contributed by atoms with Gasteiger partial charge >= 0.3 is 0 Å². The van der Waals surface area contributed by atoms with Gasteiger partial charge < -0.3 is 5.73 Å². The van der Waals surface area contributed by atoms with Crippen LogP contribution < -0.4 is 5.73 Å². The highest BCUT2D eigenvalue weighted by atomic mass is 19.1. The molecule has 0 aliphatic heterocycles. The Labute approximate surface area is 112 Å². The molecule has 0 amide bonds. The Morgan fingerprint density at radius 2 is 1.68 bits per heavy atom. The average Bonchev–Trinajstić information content (AvgIpc) is 2.32. The van der Waals surface area contributed by atoms with E-state index in [4.69, 9.17) is 5.73 Å². The van der Waals surface area contributed by atoms with Crippen molar-refractivity contribution in [3.05, 3.63) is 46.5 Å². The van der Waals surface area contributed by atoms with E-state index in [0.717, 1.165) is 28.9 Å². The number of rotatable bonds is 3. The molecule has 0 unspecified atom stereocenters. The number of aryl methyl sites for hydroxylation is 3. The van der Waals surface area contributed by atoms with Crippen LogP contribution in [0.4, 0.5) is 4.39 Å². The summed E-state index contributed by atoms with van der Waals surface area (Å²) < 4.78 is 13.4. The zero-order valence-electron chi connectivity index (χ0n) is 11.5. The molecule has 1 aromatic carbocycles. The Kier molecular flexibility index (Phi) is 3.90. The lowest BCUT2D eigenvalue weighted by Gasteiger charge is -2.10. The van der Waals surface area contributed by atoms with E-state index in [1.165, 1.54) is 12.1 Å². The van der Waals surface area contributed by atoms with Crippen molar-refractivity contribution in [1.82, 2.24) is 9.97 Å². The number of hydrogen-bond donors (Lipinski definition) is 1. The maximum Gasteiger partial charge on any atom is 0.159 e. The first kappa shape index (κ1) is 13.6. The van der Waals surface area contributed by atoms with Crippen molar-refractivity contribution >= 4 is 0 Å². The van der Waals surface area contributed by atoms with Gasteiger partial charge in [-0.2, -0.15) is 0 Å². The predicted octanol–water partition coefficient (Wildman–Crippen LogP) is 2.71. The van der Waals surface area contributed by atoms with E-state index in [-0.39, 0.29) is 5.82 Å². The van der Waals surface area contributed by atoms with Gasteiger partial charge in [-0.05, 0) is 63.1 Å². The highest BCUT2D eigenvalue weighted by Crippen LogP contribution is 2.21. The van der Waals surface area contributed by atoms with E-state index in [2.05, 4.69) is 9.97 Å². The van der Waals surface area contributed by atoms with Crippen LogP contribution in [-0.4, -0.2) is 16.5 Å². The third-order valence-corrected chi connectivity index (χ3v) is 3.12. The molecule has 0 bridgehead atoms. The Bertz CT molecular complexity index is 565. The van der Waals surface area contributed by atoms with Gasteiger partial charge in [-0.15, -0.1) is 0 Å². The summed E-state index contributed by atoms with van der Waals surface area (Å²) in [5, 5.41) is 0. The summed E-state index contributed by atoms with van der Waals surface area (Å²) in [5.74, 6) is 0.304. The largest absolute Gasteiger partial charge is 0.330 e. The van der Waals surface area contributed by atoms with E-state index < -0.39 is 0 Å². The number of halogens is 1. The molecule has 19 heavy (non-hydrogen) atoms. The summed E-state index contributed by atoms with van der Waals surface area (Å²) in [6.07, 6.45) is 0.764. The van der Waals surface area contributed by atoms with Crippen LogP contribution in [0.3, 0.4) is 0 Å². The van der Waals surface area contributed by atoms with Crippen LogP contribution in [-0.2, 0) is 6.42 Å². The van der Waals surface area contributed by atoms with Gasteiger partial charge in [0.1, 0.15) is 5.82 Å². The van der Waals surface area contributed by atoms with Crippen molar-refractivity contribution in [3.63, 3.8) is 0 Å². The molecule has 2 N–H and O–H groups in total. The summed E-state index contributed by atoms with van der Waals surface area (Å²) in [6, 6.07) is 4.84. The van der Waals surface area contributed by atoms with Crippen LogP contribution in [0.5, 0.6) is 0 Å². The maximum absolute atomic E-state index is 13.4. The van der Waals surface area contributed by atoms with Gasteiger partial charge in [0.25, 0.3) is 0 Å². The van der Waals surface area contributed by atoms with E-state index in [1.54, 1.807) is 0 Å². The first-order valence-corrected chi connectivity index (χ1v) is 6.33. The van der Waals surface area contributed by atoms with Crippen LogP contribution in [0.15, 0.2) is 18.2 Å². The molecular weight excluding hydrogens is 241 g/mol. The summed E-state index contributed by atoms with van der Waals surface area (Å²) >= 11 is 0. The van der Waals surface area contributed by atoms with Gasteiger partial charge in [-0.3, -0.25) is 0 Å². The first-order chi connectivity index (χ1) is 9.01. The van der Waals surface area contributed by atoms with E-state index in [1.807, 2.05) is 26.8 Å². The number of aromatic nitrogens is 2. The molecule has 2 rings (SSSR count). The summed E-state index contributed by atoms with van der Waals surface area (Å²) in [5.41, 5.74) is 10.1. The van der Waals surface area contributed by atoms with Crippen molar-refractivity contribution in [3.8, 4) is 11.4 Å². The molecule has 0 aliphatic carbocycles. The second-order valence-corrected chi connectivity index (χ2v) is 4.75. The topological polar surface area (TPSA) is 51.8 Å². The highest BCUT2D eigenvalue weighted by Gasteiger charge is 2.10. The Morgan fingerprint density at radius 1 is 1.05 bits per heavy atom. The monoisotopic (exact) mass is 259 g/mol. The molecule has 3 nitrogen and oxygen atoms in total. The molecule has 4 heteroatoms. The minimum absolute atomic E-state index is 0.264. The van der Waals surface area contributed by atoms with Crippen molar-refractivity contribution in [2.45, 2.75) is 27.2 Å². The van der Waals surface area contributed by atoms with Crippen molar-refractivity contribution in [2.24, 2.45) is 5.73 Å². The predicted molar refractivity (Wildman–Crippen MR) is 74.4 cm³/mol. The zero-order valence-corrected chi connectivity index (χ0v) is 11.5. The highest BCUT2D eigenvalue weighted by molar-refractivity contribution is 5.57. The molecule has 0 fully saturated rings. The minimum Gasteiger partial charge on any atom is -0.330 e. The Morgan fingerprint density at radius 3 is 2.21 bits per heavy atom. The minimum atomic E-state index is -0.264. The van der Waals surface area contributed by atoms with E-state index in [9.17, 15) is 4.39 Å². The molecular formula is C15H18FN3. The normalized spacial score (nSPS) is 10.8. The van der Waals surface area contributed by atoms with E-state index >= 15 is 0 Å². The van der Waals surface area contributed by atoms with Crippen LogP contribution in [0.1, 0.15) is 22.5 Å². The second kappa shape index (κ2) is 5.45. The van der Waals surface area contributed by atoms with Gasteiger partial charge in [0.05, 0.1) is 0 Å². The molecule has 0 saturated carbocycles. The average molecular weight is 259 g/mol. The molecule has 2 aromatic rings. The summed E-state index contributed by atoms with van der Waals surface area (Å²) in [7, 11) is 0. The van der Waals surface area contributed by atoms with Crippen molar-refractivity contribution < 1.29 is 4.39 Å². The van der Waals surface area contributed by atoms with Crippen molar-refractivity contribution in [1.29, 1.82) is 0 Å². The third-order valence-electron chi connectivity index (χ3n) is 3.12. The lowest BCUT2D eigenvalue weighted by Crippen LogP contribution is -2.09. The molecule has 0 radical (unpaired) electrons. The lowest BCUT2D eigenvalue weighted by molar-refractivity contribution is 0.627. The van der Waals surface area contributed by atoms with Gasteiger partial charge in [0.15, 0.2) is 5.82 Å². The second-order valence-electron chi connectivity index (χ2n) is 4.75. The van der Waals surface area contributed by atoms with Crippen LogP contribution in [0, 0.1) is 26.6 Å². The van der Waals surface area contributed by atoms with E-state index in [0.29, 0.717) is 17.9 Å². The number of nitrogens with zero attached hydrogens (tertiary/aromatic N) is 2. The SMILES string of the molecule is Cc1cc(F)cc(-c2nc(C)c(CCN)c(C)n2)c1. The van der Waals surface area contributed by atoms with Crippen molar-refractivity contribution in [2.75, 3.05) is 6.54 Å². The molecule has 1 heterocycles. The third kappa shape index (κ3) is 2.96. The zero-order chi connectivity index (χ0) is 14.0. The number of hydrogen-bond acceptors (Lipinski definition) is 3. The van der Waals surface area contributed by atoms with Gasteiger partial charge in [-0.1, -0.05) is 0 Å². The fourth-order valence-corrected chi connectivity index (χ4v) is 2.24. The number of benzene rings is 1. The molecule has 0 saturated heterocycles. The first-order valence-electron chi connectivity index (χ1n) is 6.33. The Balaban J connectivity index is 2.51. The smallest absolute Gasteiger partial charge is 0.159 e. The van der Waals surface area contributed by atoms with Crippen LogP contribution in [0.2, 0.25) is 0 Å². The van der Waals surface area contributed by atoms with Gasteiger partial charge in [0, 0.05) is 17.0 Å². The van der Waals surface area contributed by atoms with Crippen LogP contribution in [0.25, 0.3) is 11.4 Å². The fraction of sp³-hybridized carbons (Fsp3) is 0.333. The summed E-state index contributed by atoms with van der Waals surface area (Å²) in [4.78, 5) is 8.94. The molecule has 1 aromatic heterocycles. The summed E-state index contributed by atoms with van der Waals surface area (Å²) in [6.45, 7) is 6.31. The lowest BCUT2D eigenvalue weighted by atomic mass is 10.1. The van der Waals surface area contributed by atoms with Gasteiger partial charge in [-0.25, -0.2) is 14.4 Å². The fourth-order valence-electron chi connectivity index (χ4n) is 2.24. The Hall–Kier alpha value is -1.81. The number of nitrogens with two attached hydrogens (primary N) is 1. The maximum atomic E-state index is 13.4. The molecule has 0 aliphatic rings.